The van der Waals surface area contributed by atoms with Crippen LogP contribution in [0.2, 0.25) is 5.02 Å². The van der Waals surface area contributed by atoms with Gasteiger partial charge >= 0.3 is 0 Å². The second kappa shape index (κ2) is 14.8. The molecule has 0 aromatic heterocycles. The van der Waals surface area contributed by atoms with Gasteiger partial charge in [0.2, 0.25) is 0 Å². The summed E-state index contributed by atoms with van der Waals surface area (Å²) < 4.78 is 24.2. The van der Waals surface area contributed by atoms with Crippen molar-refractivity contribution in [3.8, 4) is 40.2 Å². The summed E-state index contributed by atoms with van der Waals surface area (Å²) in [5.41, 5.74) is 8.15. The molecule has 6 rings (SSSR count). The Kier molecular flexibility index (Phi) is 10.1. The van der Waals surface area contributed by atoms with E-state index in [0.29, 0.717) is 54.8 Å². The highest BCUT2D eigenvalue weighted by Crippen LogP contribution is 2.38. The van der Waals surface area contributed by atoms with Crippen LogP contribution in [0.1, 0.15) is 47.1 Å². The van der Waals surface area contributed by atoms with Gasteiger partial charge in [-0.15, -0.1) is 0 Å². The van der Waals surface area contributed by atoms with E-state index < -0.39 is 11.9 Å². The third kappa shape index (κ3) is 7.47. The lowest BCUT2D eigenvalue weighted by Crippen LogP contribution is -2.48. The van der Waals surface area contributed by atoms with E-state index >= 15 is 0 Å². The molecule has 0 aliphatic carbocycles. The predicted molar refractivity (Wildman–Crippen MR) is 177 cm³/mol. The first-order valence-electron chi connectivity index (χ1n) is 15.7. The second-order valence-electron chi connectivity index (χ2n) is 11.7. The number of nitrogens with zero attached hydrogens (tertiary/aromatic N) is 2. The van der Waals surface area contributed by atoms with Crippen molar-refractivity contribution in [2.75, 3.05) is 19.8 Å². The number of benzene rings is 4. The number of hydroxylamine groups is 1. The molecule has 1 unspecified atom stereocenters. The van der Waals surface area contributed by atoms with Crippen LogP contribution in [-0.2, 0) is 24.6 Å². The Hall–Kier alpha value is -4.75. The summed E-state index contributed by atoms with van der Waals surface area (Å²) >= 11 is 6.82. The molecule has 1 atom stereocenters. The minimum atomic E-state index is -0.465. The van der Waals surface area contributed by atoms with Crippen molar-refractivity contribution in [2.24, 2.45) is 0 Å². The van der Waals surface area contributed by atoms with Crippen LogP contribution in [-0.4, -0.2) is 41.8 Å². The van der Waals surface area contributed by atoms with E-state index in [1.54, 1.807) is 18.2 Å². The number of fused-ring (bicyclic) bond motifs is 1. The monoisotopic (exact) mass is 653 g/mol. The van der Waals surface area contributed by atoms with Gasteiger partial charge in [0.05, 0.1) is 22.7 Å². The van der Waals surface area contributed by atoms with Gasteiger partial charge in [-0.3, -0.25) is 14.9 Å². The van der Waals surface area contributed by atoms with Crippen LogP contribution >= 0.6 is 11.6 Å². The molecule has 10 heteroatoms. The zero-order valence-electron chi connectivity index (χ0n) is 26.1. The zero-order chi connectivity index (χ0) is 32.8. The van der Waals surface area contributed by atoms with Gasteiger partial charge in [-0.05, 0) is 84.5 Å². The highest BCUT2D eigenvalue weighted by atomic mass is 35.5. The molecule has 2 aliphatic heterocycles. The molecule has 0 radical (unpaired) electrons. The van der Waals surface area contributed by atoms with E-state index in [1.807, 2.05) is 58.9 Å². The van der Waals surface area contributed by atoms with Gasteiger partial charge in [0.25, 0.3) is 5.91 Å². The number of piperidine rings is 1. The average Bonchev–Trinajstić information content (AvgIpc) is 3.11. The maximum absolute atomic E-state index is 12.5. The molecule has 0 spiro atoms. The number of nitriles is 1. The van der Waals surface area contributed by atoms with Crippen LogP contribution in [0.5, 0.6) is 23.0 Å². The van der Waals surface area contributed by atoms with Crippen molar-refractivity contribution in [1.29, 1.82) is 5.26 Å². The second-order valence-corrected chi connectivity index (χ2v) is 12.1. The fraction of sp³-hybridized carbons (Fsp3) is 0.297. The lowest BCUT2D eigenvalue weighted by atomic mass is 9.96. The van der Waals surface area contributed by atoms with Crippen LogP contribution in [0.25, 0.3) is 11.1 Å². The maximum Gasteiger partial charge on any atom is 0.260 e. The Balaban J connectivity index is 1.25. The summed E-state index contributed by atoms with van der Waals surface area (Å²) in [7, 11) is 0. The van der Waals surface area contributed by atoms with Gasteiger partial charge in [0, 0.05) is 18.2 Å². The summed E-state index contributed by atoms with van der Waals surface area (Å²) in [4.78, 5) is 14.5. The minimum Gasteiger partial charge on any atom is -0.488 e. The molecule has 4 aromatic rings. The van der Waals surface area contributed by atoms with Crippen LogP contribution in [0, 0.1) is 18.3 Å². The molecule has 0 bridgehead atoms. The zero-order valence-corrected chi connectivity index (χ0v) is 26.9. The van der Waals surface area contributed by atoms with E-state index in [9.17, 15) is 15.3 Å². The molecule has 0 saturated carbocycles. The van der Waals surface area contributed by atoms with E-state index in [2.05, 4.69) is 19.1 Å². The molecule has 2 N–H and O–H groups in total. The Labute approximate surface area is 279 Å². The fourth-order valence-electron chi connectivity index (χ4n) is 6.13. The molecule has 2 aliphatic rings. The molecule has 242 valence electrons. The summed E-state index contributed by atoms with van der Waals surface area (Å²) in [5.74, 6) is 2.08. The number of hydrogen-bond donors (Lipinski definition) is 2. The lowest BCUT2D eigenvalue weighted by molar-refractivity contribution is -0.136. The summed E-state index contributed by atoms with van der Waals surface area (Å²) in [6, 6.07) is 24.6. The Morgan fingerprint density at radius 2 is 1.79 bits per heavy atom. The largest absolute Gasteiger partial charge is 0.488 e. The van der Waals surface area contributed by atoms with Gasteiger partial charge in [-0.1, -0.05) is 54.4 Å². The van der Waals surface area contributed by atoms with Crippen LogP contribution < -0.4 is 24.4 Å². The van der Waals surface area contributed by atoms with E-state index in [1.165, 1.54) is 0 Å². The molecular formula is C37H36ClN3O6. The average molecular weight is 654 g/mol. The highest BCUT2D eigenvalue weighted by Gasteiger charge is 2.29. The van der Waals surface area contributed by atoms with Crippen LogP contribution in [0.3, 0.4) is 0 Å². The smallest absolute Gasteiger partial charge is 0.260 e. The molecule has 1 fully saturated rings. The SMILES string of the molecule is Cc1c(COc2cc(OCc3cccc(C#N)c3)c(CN3CCCCC3C(=O)NO)cc2Cl)cccc1-c1ccc2c(c1)OCCO2. The van der Waals surface area contributed by atoms with Gasteiger partial charge in [0.15, 0.2) is 11.5 Å². The number of ether oxygens (including phenoxy) is 4. The van der Waals surface area contributed by atoms with Crippen molar-refractivity contribution < 1.29 is 28.9 Å². The molecule has 2 heterocycles. The van der Waals surface area contributed by atoms with Crippen LogP contribution in [0.4, 0.5) is 0 Å². The molecule has 47 heavy (non-hydrogen) atoms. The van der Waals surface area contributed by atoms with Gasteiger partial charge in [-0.25, -0.2) is 5.48 Å². The quantitative estimate of drug-likeness (QED) is 0.139. The van der Waals surface area contributed by atoms with Gasteiger partial charge < -0.3 is 18.9 Å². The molecular weight excluding hydrogens is 618 g/mol. The normalized spacial score (nSPS) is 15.8. The number of carbonyl (C=O) groups is 1. The third-order valence-corrected chi connectivity index (χ3v) is 8.94. The Bertz CT molecular complexity index is 1810. The standard InChI is InChI=1S/C37H36ClN3O6/c1-24-28(8-5-9-30(24)27-11-12-33-36(18-27)45-15-14-44-33)23-47-35-19-34(46-22-26-7-4-6-25(16-26)20-39)29(17-31(35)38)21-41-13-3-2-10-32(41)37(42)40-43/h4-9,11-12,16-19,32,43H,2-3,10,13-15,21-23H2,1H3,(H,40,42). The molecule has 1 amide bonds. The predicted octanol–water partition coefficient (Wildman–Crippen LogP) is 6.98. The van der Waals surface area contributed by atoms with Crippen molar-refractivity contribution in [2.45, 2.75) is 52.0 Å². The topological polar surface area (TPSA) is 113 Å². The fourth-order valence-corrected chi connectivity index (χ4v) is 6.37. The Morgan fingerprint density at radius 1 is 0.979 bits per heavy atom. The summed E-state index contributed by atoms with van der Waals surface area (Å²) in [5, 5.41) is 19.1. The molecule has 9 nitrogen and oxygen atoms in total. The van der Waals surface area contributed by atoms with Crippen molar-refractivity contribution in [3.05, 3.63) is 106 Å². The summed E-state index contributed by atoms with van der Waals surface area (Å²) in [6.07, 6.45) is 2.48. The highest BCUT2D eigenvalue weighted by molar-refractivity contribution is 6.32. The van der Waals surface area contributed by atoms with E-state index in [0.717, 1.165) is 57.7 Å². The Morgan fingerprint density at radius 3 is 2.62 bits per heavy atom. The lowest BCUT2D eigenvalue weighted by Gasteiger charge is -2.34. The summed E-state index contributed by atoms with van der Waals surface area (Å²) in [6.45, 7) is 4.72. The van der Waals surface area contributed by atoms with Crippen LogP contribution in [0.15, 0.2) is 72.8 Å². The number of nitrogens with one attached hydrogen (secondary N) is 1. The first-order chi connectivity index (χ1) is 22.9. The van der Waals surface area contributed by atoms with Gasteiger partial charge in [0.1, 0.15) is 37.9 Å². The van der Waals surface area contributed by atoms with E-state index in [-0.39, 0.29) is 13.2 Å². The van der Waals surface area contributed by atoms with Crippen molar-refractivity contribution in [1.82, 2.24) is 10.4 Å². The number of rotatable bonds is 10. The number of hydrogen-bond acceptors (Lipinski definition) is 8. The number of amides is 1. The molecule has 1 saturated heterocycles. The number of carbonyl (C=O) groups excluding carboxylic acids is 1. The first kappa shape index (κ1) is 32.2. The van der Waals surface area contributed by atoms with Gasteiger partial charge in [-0.2, -0.15) is 5.26 Å². The minimum absolute atomic E-state index is 0.223. The number of halogens is 1. The molecule has 4 aromatic carbocycles. The van der Waals surface area contributed by atoms with Crippen molar-refractivity contribution >= 4 is 17.5 Å². The van der Waals surface area contributed by atoms with E-state index in [4.69, 9.17) is 30.5 Å². The number of likely N-dealkylation sites (tertiary alicyclic amines) is 1. The van der Waals surface area contributed by atoms with Crippen molar-refractivity contribution in [3.63, 3.8) is 0 Å². The maximum atomic E-state index is 12.5. The third-order valence-electron chi connectivity index (χ3n) is 8.65. The first-order valence-corrected chi connectivity index (χ1v) is 16.0.